The number of alkyl halides is 1. The first kappa shape index (κ1) is 14.4. The molecule has 2 nitrogen and oxygen atoms in total. The van der Waals surface area contributed by atoms with Gasteiger partial charge in [-0.15, -0.1) is 0 Å². The topological polar surface area (TPSA) is 20.3 Å². The van der Waals surface area contributed by atoms with E-state index in [-0.39, 0.29) is 5.91 Å². The van der Waals surface area contributed by atoms with Gasteiger partial charge in [0.15, 0.2) is 0 Å². The lowest BCUT2D eigenvalue weighted by atomic mass is 9.98. The molecular formula is C13H14Br2ClNO. The van der Waals surface area contributed by atoms with Crippen LogP contribution in [-0.2, 0) is 0 Å². The minimum absolute atomic E-state index is 0.0670. The molecule has 1 aromatic rings. The fraction of sp³-hybridized carbons (Fsp3) is 0.462. The largest absolute Gasteiger partial charge is 0.339 e. The van der Waals surface area contributed by atoms with Crippen LogP contribution in [0.2, 0.25) is 5.02 Å². The van der Waals surface area contributed by atoms with E-state index in [1.165, 1.54) is 0 Å². The molecule has 0 bridgehead atoms. The lowest BCUT2D eigenvalue weighted by molar-refractivity contribution is 0.0698. The Labute approximate surface area is 129 Å². The summed E-state index contributed by atoms with van der Waals surface area (Å²) in [5.41, 5.74) is 0.653. The van der Waals surface area contributed by atoms with Crippen LogP contribution in [0, 0.1) is 5.92 Å². The molecule has 98 valence electrons. The summed E-state index contributed by atoms with van der Waals surface area (Å²) < 4.78 is 0.805. The van der Waals surface area contributed by atoms with Gasteiger partial charge in [-0.1, -0.05) is 27.5 Å². The minimum Gasteiger partial charge on any atom is -0.339 e. The van der Waals surface area contributed by atoms with E-state index >= 15 is 0 Å². The second kappa shape index (κ2) is 6.40. The molecule has 1 aliphatic heterocycles. The van der Waals surface area contributed by atoms with Crippen molar-refractivity contribution in [1.82, 2.24) is 4.90 Å². The van der Waals surface area contributed by atoms with Gasteiger partial charge in [0, 0.05) is 27.9 Å². The molecule has 0 spiro atoms. The standard InChI is InChI=1S/C13H14Br2ClNO/c14-8-9-3-5-17(6-4-9)13(18)11-7-10(16)1-2-12(11)15/h1-2,7,9H,3-6,8H2. The Kier molecular flexibility index (Phi) is 5.10. The van der Waals surface area contributed by atoms with Gasteiger partial charge in [0.05, 0.1) is 5.56 Å². The van der Waals surface area contributed by atoms with Crippen molar-refractivity contribution in [2.45, 2.75) is 12.8 Å². The van der Waals surface area contributed by atoms with Gasteiger partial charge in [-0.3, -0.25) is 4.79 Å². The normalized spacial score (nSPS) is 16.9. The molecule has 1 aromatic carbocycles. The second-order valence-electron chi connectivity index (χ2n) is 4.51. The van der Waals surface area contributed by atoms with Crippen LogP contribution in [0.1, 0.15) is 23.2 Å². The van der Waals surface area contributed by atoms with Crippen LogP contribution in [0.15, 0.2) is 22.7 Å². The zero-order valence-electron chi connectivity index (χ0n) is 9.83. The number of halogens is 3. The highest BCUT2D eigenvalue weighted by Gasteiger charge is 2.24. The van der Waals surface area contributed by atoms with Crippen molar-refractivity contribution < 1.29 is 4.79 Å². The Hall–Kier alpha value is -0.0600. The average Bonchev–Trinajstić information content (AvgIpc) is 2.41. The van der Waals surface area contributed by atoms with E-state index in [0.29, 0.717) is 16.5 Å². The summed E-state index contributed by atoms with van der Waals surface area (Å²) in [7, 11) is 0. The zero-order chi connectivity index (χ0) is 13.1. The molecule has 0 aromatic heterocycles. The predicted octanol–water partition coefficient (Wildman–Crippen LogP) is 4.35. The van der Waals surface area contributed by atoms with Crippen LogP contribution in [0.4, 0.5) is 0 Å². The van der Waals surface area contributed by atoms with Gasteiger partial charge in [0.2, 0.25) is 0 Å². The van der Waals surface area contributed by atoms with Gasteiger partial charge in [0.1, 0.15) is 0 Å². The van der Waals surface area contributed by atoms with Crippen LogP contribution in [0.5, 0.6) is 0 Å². The van der Waals surface area contributed by atoms with E-state index in [4.69, 9.17) is 11.6 Å². The van der Waals surface area contributed by atoms with Gasteiger partial charge in [0.25, 0.3) is 5.91 Å². The smallest absolute Gasteiger partial charge is 0.255 e. The summed E-state index contributed by atoms with van der Waals surface area (Å²) in [4.78, 5) is 14.3. The van der Waals surface area contributed by atoms with E-state index in [2.05, 4.69) is 31.9 Å². The average molecular weight is 396 g/mol. The number of amides is 1. The fourth-order valence-corrected chi connectivity index (χ4v) is 3.36. The SMILES string of the molecule is O=C(c1cc(Cl)ccc1Br)N1CCC(CBr)CC1. The molecule has 0 atom stereocenters. The highest BCUT2D eigenvalue weighted by atomic mass is 79.9. The van der Waals surface area contributed by atoms with Crippen LogP contribution in [-0.4, -0.2) is 29.2 Å². The number of carbonyl (C=O) groups excluding carboxylic acids is 1. The maximum atomic E-state index is 12.4. The van der Waals surface area contributed by atoms with Crippen molar-refractivity contribution in [3.63, 3.8) is 0 Å². The van der Waals surface area contributed by atoms with Gasteiger partial charge < -0.3 is 4.90 Å². The molecule has 0 radical (unpaired) electrons. The van der Waals surface area contributed by atoms with E-state index in [1.54, 1.807) is 12.1 Å². The van der Waals surface area contributed by atoms with Crippen LogP contribution in [0.25, 0.3) is 0 Å². The maximum Gasteiger partial charge on any atom is 0.255 e. The number of piperidine rings is 1. The van der Waals surface area contributed by atoms with Crippen LogP contribution < -0.4 is 0 Å². The Balaban J connectivity index is 2.10. The fourth-order valence-electron chi connectivity index (χ4n) is 2.12. The quantitative estimate of drug-likeness (QED) is 0.682. The third-order valence-corrected chi connectivity index (χ3v) is 5.12. The molecule has 1 fully saturated rings. The number of carbonyl (C=O) groups is 1. The van der Waals surface area contributed by atoms with E-state index in [1.807, 2.05) is 11.0 Å². The maximum absolute atomic E-state index is 12.4. The molecule has 1 saturated heterocycles. The molecule has 18 heavy (non-hydrogen) atoms. The van der Waals surface area contributed by atoms with E-state index in [0.717, 1.165) is 35.7 Å². The molecule has 1 heterocycles. The molecule has 0 aliphatic carbocycles. The third kappa shape index (κ3) is 3.28. The van der Waals surface area contributed by atoms with Gasteiger partial charge in [-0.2, -0.15) is 0 Å². The third-order valence-electron chi connectivity index (χ3n) is 3.28. The number of benzene rings is 1. The molecule has 0 unspecified atom stereocenters. The number of hydrogen-bond donors (Lipinski definition) is 0. The van der Waals surface area contributed by atoms with Gasteiger partial charge in [-0.25, -0.2) is 0 Å². The lowest BCUT2D eigenvalue weighted by Crippen LogP contribution is -2.38. The minimum atomic E-state index is 0.0670. The lowest BCUT2D eigenvalue weighted by Gasteiger charge is -2.31. The first-order chi connectivity index (χ1) is 8.61. The Bertz CT molecular complexity index is 445. The van der Waals surface area contributed by atoms with Crippen molar-refractivity contribution in [3.05, 3.63) is 33.3 Å². The van der Waals surface area contributed by atoms with Crippen molar-refractivity contribution in [2.24, 2.45) is 5.92 Å². The predicted molar refractivity (Wildman–Crippen MR) is 81.6 cm³/mol. The number of rotatable bonds is 2. The highest BCUT2D eigenvalue weighted by Crippen LogP contribution is 2.25. The summed E-state index contributed by atoms with van der Waals surface area (Å²) in [6, 6.07) is 5.32. The molecule has 1 amide bonds. The molecule has 5 heteroatoms. The zero-order valence-corrected chi connectivity index (χ0v) is 13.8. The van der Waals surface area contributed by atoms with Crippen molar-refractivity contribution >= 4 is 49.4 Å². The van der Waals surface area contributed by atoms with E-state index < -0.39 is 0 Å². The summed E-state index contributed by atoms with van der Waals surface area (Å²) in [5.74, 6) is 0.759. The molecule has 0 saturated carbocycles. The van der Waals surface area contributed by atoms with E-state index in [9.17, 15) is 4.79 Å². The summed E-state index contributed by atoms with van der Waals surface area (Å²) in [5, 5.41) is 1.62. The number of hydrogen-bond acceptors (Lipinski definition) is 1. The van der Waals surface area contributed by atoms with Crippen molar-refractivity contribution in [1.29, 1.82) is 0 Å². The summed E-state index contributed by atoms with van der Waals surface area (Å²) in [6.45, 7) is 1.65. The van der Waals surface area contributed by atoms with Crippen LogP contribution >= 0.6 is 43.5 Å². The molecule has 2 rings (SSSR count). The van der Waals surface area contributed by atoms with Crippen LogP contribution in [0.3, 0.4) is 0 Å². The monoisotopic (exact) mass is 393 g/mol. The first-order valence-electron chi connectivity index (χ1n) is 5.92. The summed E-state index contributed by atoms with van der Waals surface area (Å²) >= 11 is 12.9. The highest BCUT2D eigenvalue weighted by molar-refractivity contribution is 9.10. The molecule has 0 N–H and O–H groups in total. The van der Waals surface area contributed by atoms with Gasteiger partial charge >= 0.3 is 0 Å². The van der Waals surface area contributed by atoms with Gasteiger partial charge in [-0.05, 0) is 52.9 Å². The Morgan fingerprint density at radius 2 is 2.06 bits per heavy atom. The second-order valence-corrected chi connectivity index (χ2v) is 6.45. The molecule has 1 aliphatic rings. The first-order valence-corrected chi connectivity index (χ1v) is 8.21. The number of nitrogens with zero attached hydrogens (tertiary/aromatic N) is 1. The van der Waals surface area contributed by atoms with Crippen molar-refractivity contribution in [3.8, 4) is 0 Å². The summed E-state index contributed by atoms with van der Waals surface area (Å²) in [6.07, 6.45) is 2.13. The van der Waals surface area contributed by atoms with Crippen molar-refractivity contribution in [2.75, 3.05) is 18.4 Å². The molecular weight excluding hydrogens is 381 g/mol. The number of likely N-dealkylation sites (tertiary alicyclic amines) is 1. The Morgan fingerprint density at radius 3 is 2.67 bits per heavy atom. The Morgan fingerprint density at radius 1 is 1.39 bits per heavy atom.